The number of nitrogens with one attached hydrogen (secondary N) is 1. The van der Waals surface area contributed by atoms with E-state index in [0.717, 1.165) is 30.6 Å². The predicted molar refractivity (Wildman–Crippen MR) is 72.4 cm³/mol. The Bertz CT molecular complexity index is 580. The molecule has 0 saturated heterocycles. The molecule has 2 heterocycles. The summed E-state index contributed by atoms with van der Waals surface area (Å²) in [6.07, 6.45) is 3.20. The number of carbonyl (C=O) groups is 1. The van der Waals surface area contributed by atoms with E-state index in [9.17, 15) is 4.79 Å². The first-order chi connectivity index (χ1) is 8.74. The number of amides is 1. The van der Waals surface area contributed by atoms with Gasteiger partial charge in [-0.3, -0.25) is 4.79 Å². The molecule has 2 aromatic rings. The van der Waals surface area contributed by atoms with E-state index >= 15 is 0 Å². The van der Waals surface area contributed by atoms with Gasteiger partial charge in [-0.25, -0.2) is 0 Å². The summed E-state index contributed by atoms with van der Waals surface area (Å²) in [5, 5.41) is 12.8. The monoisotopic (exact) mass is 299 g/mol. The molecule has 0 spiro atoms. The highest BCUT2D eigenvalue weighted by Gasteiger charge is 2.24. The average molecular weight is 300 g/mol. The van der Waals surface area contributed by atoms with Gasteiger partial charge in [-0.15, -0.1) is 21.5 Å². The number of aryl methyl sites for hydroxylation is 1. The zero-order valence-corrected chi connectivity index (χ0v) is 11.7. The third-order valence-corrected chi connectivity index (χ3v) is 4.97. The maximum Gasteiger partial charge on any atom is 0.282 e. The van der Waals surface area contributed by atoms with Crippen molar-refractivity contribution in [3.8, 4) is 0 Å². The fraction of sp³-hybridized carbons (Fsp3) is 0.364. The number of hydrogen-bond donors (Lipinski definition) is 1. The third-order valence-electron chi connectivity index (χ3n) is 2.95. The molecule has 1 amide bonds. The number of nitrogens with zero attached hydrogens (tertiary/aromatic N) is 2. The fourth-order valence-corrected chi connectivity index (χ4v) is 3.87. The molecule has 18 heavy (non-hydrogen) atoms. The molecule has 0 saturated carbocycles. The smallest absolute Gasteiger partial charge is 0.282 e. The summed E-state index contributed by atoms with van der Waals surface area (Å²) in [7, 11) is 0. The summed E-state index contributed by atoms with van der Waals surface area (Å²) < 4.78 is 0.292. The van der Waals surface area contributed by atoms with E-state index in [1.807, 2.05) is 0 Å². The normalized spacial score (nSPS) is 18.4. The summed E-state index contributed by atoms with van der Waals surface area (Å²) in [5.74, 6) is -0.191. The third kappa shape index (κ3) is 2.28. The van der Waals surface area contributed by atoms with Crippen molar-refractivity contribution < 1.29 is 4.79 Å². The van der Waals surface area contributed by atoms with Crippen LogP contribution >= 0.6 is 34.3 Å². The summed E-state index contributed by atoms with van der Waals surface area (Å²) in [6, 6.07) is 2.19. The molecule has 1 atom stereocenters. The van der Waals surface area contributed by atoms with Crippen LogP contribution in [0.25, 0.3) is 0 Å². The SMILES string of the molecule is O=C(NC1CCCc2sccc21)c1nnc(Cl)s1. The number of thiophene rings is 1. The largest absolute Gasteiger partial charge is 0.343 e. The molecule has 0 fully saturated rings. The predicted octanol–water partition coefficient (Wildman–Crippen LogP) is 3.06. The number of halogens is 1. The van der Waals surface area contributed by atoms with Crippen LogP contribution in [0.1, 0.15) is 39.1 Å². The first-order valence-electron chi connectivity index (χ1n) is 5.60. The maximum absolute atomic E-state index is 12.0. The number of fused-ring (bicyclic) bond motifs is 1. The van der Waals surface area contributed by atoms with Crippen LogP contribution in [0.2, 0.25) is 4.47 Å². The Morgan fingerprint density at radius 2 is 2.39 bits per heavy atom. The molecule has 1 N–H and O–H groups in total. The molecule has 2 aromatic heterocycles. The van der Waals surface area contributed by atoms with Crippen molar-refractivity contribution in [2.75, 3.05) is 0 Å². The standard InChI is InChI=1S/C11H10ClN3OS2/c12-11-15-14-10(18-11)9(16)13-7-2-1-3-8-6(7)4-5-17-8/h4-5,7H,1-3H2,(H,13,16). The molecule has 94 valence electrons. The molecule has 1 unspecified atom stereocenters. The molecule has 1 aliphatic carbocycles. The molecule has 0 aromatic carbocycles. The van der Waals surface area contributed by atoms with Crippen LogP contribution in [0.4, 0.5) is 0 Å². The van der Waals surface area contributed by atoms with Crippen LogP contribution in [0.5, 0.6) is 0 Å². The lowest BCUT2D eigenvalue weighted by atomic mass is 9.94. The lowest BCUT2D eigenvalue weighted by Gasteiger charge is -2.23. The summed E-state index contributed by atoms with van der Waals surface area (Å²) >= 11 is 8.54. The van der Waals surface area contributed by atoms with E-state index in [2.05, 4.69) is 27.0 Å². The lowest BCUT2D eigenvalue weighted by molar-refractivity contribution is 0.0932. The van der Waals surface area contributed by atoms with Crippen LogP contribution in [0.15, 0.2) is 11.4 Å². The zero-order valence-electron chi connectivity index (χ0n) is 9.35. The van der Waals surface area contributed by atoms with Crippen molar-refractivity contribution in [1.29, 1.82) is 0 Å². The van der Waals surface area contributed by atoms with E-state index < -0.39 is 0 Å². The van der Waals surface area contributed by atoms with Gasteiger partial charge in [0.05, 0.1) is 6.04 Å². The lowest BCUT2D eigenvalue weighted by Crippen LogP contribution is -2.30. The Hall–Kier alpha value is -0.980. The highest BCUT2D eigenvalue weighted by atomic mass is 35.5. The van der Waals surface area contributed by atoms with Crippen LogP contribution < -0.4 is 5.32 Å². The molecule has 7 heteroatoms. The number of rotatable bonds is 2. The van der Waals surface area contributed by atoms with E-state index in [4.69, 9.17) is 11.6 Å². The van der Waals surface area contributed by atoms with Gasteiger partial charge in [0.2, 0.25) is 9.47 Å². The van der Waals surface area contributed by atoms with Crippen molar-refractivity contribution in [3.63, 3.8) is 0 Å². The molecule has 1 aliphatic rings. The number of hydrogen-bond acceptors (Lipinski definition) is 5. The molecule has 0 aliphatic heterocycles. The van der Waals surface area contributed by atoms with E-state index in [1.54, 1.807) is 11.3 Å². The van der Waals surface area contributed by atoms with Gasteiger partial charge in [-0.2, -0.15) is 0 Å². The quantitative estimate of drug-likeness (QED) is 0.927. The highest BCUT2D eigenvalue weighted by molar-refractivity contribution is 7.17. The summed E-state index contributed by atoms with van der Waals surface area (Å²) in [4.78, 5) is 13.4. The highest BCUT2D eigenvalue weighted by Crippen LogP contribution is 2.33. The van der Waals surface area contributed by atoms with Gasteiger partial charge >= 0.3 is 0 Å². The van der Waals surface area contributed by atoms with E-state index in [0.29, 0.717) is 9.47 Å². The molecular weight excluding hydrogens is 290 g/mol. The van der Waals surface area contributed by atoms with Gasteiger partial charge in [0, 0.05) is 4.88 Å². The van der Waals surface area contributed by atoms with Crippen LogP contribution in [-0.4, -0.2) is 16.1 Å². The van der Waals surface area contributed by atoms with Crippen LogP contribution in [-0.2, 0) is 6.42 Å². The zero-order chi connectivity index (χ0) is 12.5. The minimum absolute atomic E-state index is 0.0928. The molecule has 4 nitrogen and oxygen atoms in total. The van der Waals surface area contributed by atoms with Gasteiger partial charge in [0.15, 0.2) is 0 Å². The van der Waals surface area contributed by atoms with Gasteiger partial charge < -0.3 is 5.32 Å². The Balaban J connectivity index is 1.77. The van der Waals surface area contributed by atoms with Gasteiger partial charge in [0.25, 0.3) is 5.91 Å². The number of carbonyl (C=O) groups excluding carboxylic acids is 1. The first-order valence-corrected chi connectivity index (χ1v) is 7.67. The van der Waals surface area contributed by atoms with Crippen molar-refractivity contribution in [3.05, 3.63) is 31.4 Å². The Kier molecular flexibility index (Phi) is 3.32. The van der Waals surface area contributed by atoms with E-state index in [1.165, 1.54) is 10.4 Å². The second-order valence-corrected chi connectivity index (χ2v) is 6.64. The second kappa shape index (κ2) is 4.95. The first kappa shape index (κ1) is 12.1. The van der Waals surface area contributed by atoms with Crippen molar-refractivity contribution >= 4 is 40.2 Å². The Labute approximate surface area is 117 Å². The molecule has 0 radical (unpaired) electrons. The second-order valence-electron chi connectivity index (χ2n) is 4.08. The van der Waals surface area contributed by atoms with Crippen LogP contribution in [0.3, 0.4) is 0 Å². The topological polar surface area (TPSA) is 54.9 Å². The van der Waals surface area contributed by atoms with E-state index in [-0.39, 0.29) is 11.9 Å². The average Bonchev–Trinajstić information content (AvgIpc) is 2.97. The van der Waals surface area contributed by atoms with Gasteiger partial charge in [-0.1, -0.05) is 11.3 Å². The number of aromatic nitrogens is 2. The van der Waals surface area contributed by atoms with Crippen molar-refractivity contribution in [2.45, 2.75) is 25.3 Å². The molecule has 3 rings (SSSR count). The fourth-order valence-electron chi connectivity index (χ4n) is 2.15. The van der Waals surface area contributed by atoms with Gasteiger partial charge in [0.1, 0.15) is 0 Å². The summed E-state index contributed by atoms with van der Waals surface area (Å²) in [6.45, 7) is 0. The Morgan fingerprint density at radius 3 is 3.17 bits per heavy atom. The maximum atomic E-state index is 12.0. The Morgan fingerprint density at radius 1 is 1.50 bits per heavy atom. The van der Waals surface area contributed by atoms with Crippen molar-refractivity contribution in [1.82, 2.24) is 15.5 Å². The minimum atomic E-state index is -0.191. The van der Waals surface area contributed by atoms with Crippen molar-refractivity contribution in [2.24, 2.45) is 0 Å². The summed E-state index contributed by atoms with van der Waals surface area (Å²) in [5.41, 5.74) is 1.25. The molecular formula is C11H10ClN3OS2. The van der Waals surface area contributed by atoms with Crippen LogP contribution in [0, 0.1) is 0 Å². The minimum Gasteiger partial charge on any atom is -0.343 e. The molecule has 0 bridgehead atoms. The van der Waals surface area contributed by atoms with Gasteiger partial charge in [-0.05, 0) is 47.9 Å².